The molecule has 0 aromatic carbocycles. The number of carbonyl (C=O) groups excluding carboxylic acids is 1. The smallest absolute Gasteiger partial charge is 0.240 e. The number of nitrogens with two attached hydrogens (primary N) is 1. The Hall–Kier alpha value is -0.610. The number of unbranched alkanes of at least 4 members (excludes halogenated alkanes) is 1. The SMILES string of the molecule is CCCC[C@H](N)C(=O)N1CCOCC1(C)C. The second-order valence-electron chi connectivity index (χ2n) is 5.10. The van der Waals surface area contributed by atoms with Gasteiger partial charge < -0.3 is 15.4 Å². The predicted octanol–water partition coefficient (Wildman–Crippen LogP) is 1.14. The summed E-state index contributed by atoms with van der Waals surface area (Å²) in [4.78, 5) is 14.0. The number of hydrogen-bond acceptors (Lipinski definition) is 3. The molecule has 1 atom stereocenters. The van der Waals surface area contributed by atoms with E-state index < -0.39 is 0 Å². The molecule has 0 saturated carbocycles. The standard InChI is InChI=1S/C12H24N2O2/c1-4-5-6-10(13)11(15)14-7-8-16-9-12(14,2)3/h10H,4-9,13H2,1-3H3/t10-/m0/s1. The van der Waals surface area contributed by atoms with Crippen molar-refractivity contribution in [3.05, 3.63) is 0 Å². The first kappa shape index (κ1) is 13.5. The molecule has 0 aromatic heterocycles. The molecule has 1 heterocycles. The van der Waals surface area contributed by atoms with Crippen LogP contribution >= 0.6 is 0 Å². The summed E-state index contributed by atoms with van der Waals surface area (Å²) in [6.07, 6.45) is 2.87. The van der Waals surface area contributed by atoms with Gasteiger partial charge in [0.05, 0.1) is 24.8 Å². The Morgan fingerprint density at radius 3 is 2.81 bits per heavy atom. The third-order valence-electron chi connectivity index (χ3n) is 3.10. The van der Waals surface area contributed by atoms with Crippen molar-refractivity contribution in [2.45, 2.75) is 51.6 Å². The lowest BCUT2D eigenvalue weighted by Gasteiger charge is -2.43. The Kier molecular flexibility index (Phi) is 4.74. The summed E-state index contributed by atoms with van der Waals surface area (Å²) in [5.74, 6) is 0.0711. The van der Waals surface area contributed by atoms with Crippen LogP contribution in [0.3, 0.4) is 0 Å². The molecule has 1 rings (SSSR count). The van der Waals surface area contributed by atoms with E-state index in [0.29, 0.717) is 19.8 Å². The zero-order valence-corrected chi connectivity index (χ0v) is 10.7. The van der Waals surface area contributed by atoms with Crippen LogP contribution in [0.4, 0.5) is 0 Å². The van der Waals surface area contributed by atoms with Crippen molar-refractivity contribution >= 4 is 5.91 Å². The summed E-state index contributed by atoms with van der Waals surface area (Å²) in [6, 6.07) is -0.350. The maximum absolute atomic E-state index is 12.2. The number of amides is 1. The Morgan fingerprint density at radius 2 is 2.25 bits per heavy atom. The molecule has 0 radical (unpaired) electrons. The Bertz CT molecular complexity index is 241. The van der Waals surface area contributed by atoms with Gasteiger partial charge >= 0.3 is 0 Å². The molecule has 2 N–H and O–H groups in total. The highest BCUT2D eigenvalue weighted by Gasteiger charge is 2.35. The highest BCUT2D eigenvalue weighted by Crippen LogP contribution is 2.20. The van der Waals surface area contributed by atoms with Crippen molar-refractivity contribution in [3.63, 3.8) is 0 Å². The molecule has 94 valence electrons. The van der Waals surface area contributed by atoms with E-state index in [1.807, 2.05) is 18.7 Å². The Labute approximate surface area is 98.1 Å². The van der Waals surface area contributed by atoms with Crippen LogP contribution in [0.15, 0.2) is 0 Å². The van der Waals surface area contributed by atoms with Crippen LogP contribution in [-0.2, 0) is 9.53 Å². The number of hydrogen-bond donors (Lipinski definition) is 1. The quantitative estimate of drug-likeness (QED) is 0.785. The minimum absolute atomic E-state index is 0.0711. The summed E-state index contributed by atoms with van der Waals surface area (Å²) in [6.45, 7) is 8.03. The number of ether oxygens (including phenoxy) is 1. The average molecular weight is 228 g/mol. The zero-order valence-electron chi connectivity index (χ0n) is 10.7. The highest BCUT2D eigenvalue weighted by molar-refractivity contribution is 5.82. The maximum atomic E-state index is 12.2. The third kappa shape index (κ3) is 3.19. The number of morpholine rings is 1. The van der Waals surface area contributed by atoms with E-state index in [1.54, 1.807) is 0 Å². The third-order valence-corrected chi connectivity index (χ3v) is 3.10. The molecule has 0 aliphatic carbocycles. The molecule has 16 heavy (non-hydrogen) atoms. The van der Waals surface area contributed by atoms with E-state index >= 15 is 0 Å². The van der Waals surface area contributed by atoms with Crippen molar-refractivity contribution < 1.29 is 9.53 Å². The minimum atomic E-state index is -0.350. The molecule has 1 aliphatic heterocycles. The molecule has 4 nitrogen and oxygen atoms in total. The highest BCUT2D eigenvalue weighted by atomic mass is 16.5. The zero-order chi connectivity index (χ0) is 12.2. The molecule has 0 bridgehead atoms. The molecular formula is C12H24N2O2. The van der Waals surface area contributed by atoms with Crippen molar-refractivity contribution in [1.82, 2.24) is 4.90 Å². The van der Waals surface area contributed by atoms with Crippen molar-refractivity contribution in [1.29, 1.82) is 0 Å². The number of rotatable bonds is 4. The first-order valence-electron chi connectivity index (χ1n) is 6.14. The van der Waals surface area contributed by atoms with Crippen LogP contribution in [0.1, 0.15) is 40.0 Å². The van der Waals surface area contributed by atoms with Crippen molar-refractivity contribution in [2.75, 3.05) is 19.8 Å². The Balaban J connectivity index is 2.57. The van der Waals surface area contributed by atoms with Gasteiger partial charge in [-0.3, -0.25) is 4.79 Å². The van der Waals surface area contributed by atoms with Crippen LogP contribution in [0.25, 0.3) is 0 Å². The fourth-order valence-electron chi connectivity index (χ4n) is 2.01. The summed E-state index contributed by atoms with van der Waals surface area (Å²) in [5.41, 5.74) is 5.70. The molecule has 0 spiro atoms. The van der Waals surface area contributed by atoms with Crippen molar-refractivity contribution in [3.8, 4) is 0 Å². The second-order valence-corrected chi connectivity index (χ2v) is 5.10. The Morgan fingerprint density at radius 1 is 1.56 bits per heavy atom. The first-order valence-corrected chi connectivity index (χ1v) is 6.14. The van der Waals surface area contributed by atoms with Crippen LogP contribution in [0, 0.1) is 0 Å². The van der Waals surface area contributed by atoms with Crippen LogP contribution in [-0.4, -0.2) is 42.1 Å². The lowest BCUT2D eigenvalue weighted by atomic mass is 10.00. The fourth-order valence-corrected chi connectivity index (χ4v) is 2.01. The number of nitrogens with zero attached hydrogens (tertiary/aromatic N) is 1. The monoisotopic (exact) mass is 228 g/mol. The van der Waals surface area contributed by atoms with Gasteiger partial charge in [0, 0.05) is 6.54 Å². The van der Waals surface area contributed by atoms with Gasteiger partial charge in [-0.25, -0.2) is 0 Å². The second kappa shape index (κ2) is 5.64. The van der Waals surface area contributed by atoms with Gasteiger partial charge in [-0.2, -0.15) is 0 Å². The van der Waals surface area contributed by atoms with Gasteiger partial charge in [0.15, 0.2) is 0 Å². The summed E-state index contributed by atoms with van der Waals surface area (Å²) in [5, 5.41) is 0. The lowest BCUT2D eigenvalue weighted by Crippen LogP contribution is -2.59. The molecule has 0 aromatic rings. The van der Waals surface area contributed by atoms with E-state index in [2.05, 4.69) is 6.92 Å². The fraction of sp³-hybridized carbons (Fsp3) is 0.917. The molecular weight excluding hydrogens is 204 g/mol. The normalized spacial score (nSPS) is 21.9. The average Bonchev–Trinajstić information content (AvgIpc) is 2.24. The van der Waals surface area contributed by atoms with E-state index in [-0.39, 0.29) is 17.5 Å². The van der Waals surface area contributed by atoms with E-state index in [1.165, 1.54) is 0 Å². The van der Waals surface area contributed by atoms with Gasteiger partial charge in [0.25, 0.3) is 0 Å². The molecule has 1 amide bonds. The largest absolute Gasteiger partial charge is 0.377 e. The minimum Gasteiger partial charge on any atom is -0.377 e. The van der Waals surface area contributed by atoms with Gasteiger partial charge in [0.1, 0.15) is 0 Å². The topological polar surface area (TPSA) is 55.6 Å². The van der Waals surface area contributed by atoms with Crippen LogP contribution < -0.4 is 5.73 Å². The van der Waals surface area contributed by atoms with Crippen LogP contribution in [0.5, 0.6) is 0 Å². The molecule has 4 heteroatoms. The predicted molar refractivity (Wildman–Crippen MR) is 64.1 cm³/mol. The lowest BCUT2D eigenvalue weighted by molar-refractivity contribution is -0.147. The molecule has 0 unspecified atom stereocenters. The maximum Gasteiger partial charge on any atom is 0.240 e. The van der Waals surface area contributed by atoms with E-state index in [9.17, 15) is 4.79 Å². The summed E-state index contributed by atoms with van der Waals surface area (Å²) in [7, 11) is 0. The van der Waals surface area contributed by atoms with E-state index in [4.69, 9.17) is 10.5 Å². The number of carbonyl (C=O) groups is 1. The van der Waals surface area contributed by atoms with Gasteiger partial charge in [0.2, 0.25) is 5.91 Å². The molecule has 1 aliphatic rings. The van der Waals surface area contributed by atoms with Crippen molar-refractivity contribution in [2.24, 2.45) is 5.73 Å². The van der Waals surface area contributed by atoms with Gasteiger partial charge in [-0.1, -0.05) is 19.8 Å². The molecule has 1 saturated heterocycles. The summed E-state index contributed by atoms with van der Waals surface area (Å²) >= 11 is 0. The molecule has 1 fully saturated rings. The van der Waals surface area contributed by atoms with Crippen LogP contribution in [0.2, 0.25) is 0 Å². The summed E-state index contributed by atoms with van der Waals surface area (Å²) < 4.78 is 5.39. The van der Waals surface area contributed by atoms with Gasteiger partial charge in [-0.05, 0) is 20.3 Å². The van der Waals surface area contributed by atoms with Gasteiger partial charge in [-0.15, -0.1) is 0 Å². The van der Waals surface area contributed by atoms with E-state index in [0.717, 1.165) is 19.3 Å². The first-order chi connectivity index (χ1) is 7.49.